The summed E-state index contributed by atoms with van der Waals surface area (Å²) >= 11 is 12.5. The van der Waals surface area contributed by atoms with Crippen molar-refractivity contribution < 1.29 is 32.5 Å². The summed E-state index contributed by atoms with van der Waals surface area (Å²) < 4.78 is 43.3. The fourth-order valence-electron chi connectivity index (χ4n) is 4.33. The Morgan fingerprint density at radius 1 is 1.10 bits per heavy atom. The molecule has 0 unspecified atom stereocenters. The number of alkyl halides is 2. The molecule has 0 radical (unpaired) electrons. The van der Waals surface area contributed by atoms with E-state index in [1.54, 1.807) is 18.2 Å². The van der Waals surface area contributed by atoms with Crippen molar-refractivity contribution in [1.82, 2.24) is 9.55 Å². The first-order valence-corrected chi connectivity index (χ1v) is 13.5. The summed E-state index contributed by atoms with van der Waals surface area (Å²) in [4.78, 5) is 41.2. The second-order valence-electron chi connectivity index (χ2n) is 9.68. The molecule has 1 saturated carbocycles. The van der Waals surface area contributed by atoms with E-state index in [4.69, 9.17) is 32.7 Å². The lowest BCUT2D eigenvalue weighted by molar-refractivity contribution is -0.605. The number of fused-ring (bicyclic) bond motifs is 1. The van der Waals surface area contributed by atoms with Crippen LogP contribution in [0, 0.1) is 11.1 Å². The number of carbonyl (C=O) groups is 1. The first-order valence-electron chi connectivity index (χ1n) is 12.8. The predicted octanol–water partition coefficient (Wildman–Crippen LogP) is 4.55. The standard InChI is InChI=1S/C28H23Cl2F2N3O7/c29-19-11-34(39)12-20(30)18(19)10-23(16-7-8-22(42-27(31)32)24(9-16)40-14-15-5-6-15)41-25(36)13-35-26(37)17-3-1-2-4-21(17)33-28(35)38/h1-4,7-9,11-12,15,23,27H,5-6,10,13-14H2,(H,33,38)/t23-/m0/s1. The van der Waals surface area contributed by atoms with Gasteiger partial charge in [0.1, 0.15) is 22.7 Å². The number of ether oxygens (including phenoxy) is 3. The maximum Gasteiger partial charge on any atom is 0.387 e. The fourth-order valence-corrected chi connectivity index (χ4v) is 4.93. The third-order valence-corrected chi connectivity index (χ3v) is 7.28. The molecule has 10 nitrogen and oxygen atoms in total. The van der Waals surface area contributed by atoms with Gasteiger partial charge in [-0.1, -0.05) is 41.4 Å². The number of esters is 1. The van der Waals surface area contributed by atoms with Crippen molar-refractivity contribution >= 4 is 40.1 Å². The molecule has 42 heavy (non-hydrogen) atoms. The molecule has 0 saturated heterocycles. The normalized spacial score (nSPS) is 13.7. The SMILES string of the molecule is O=C(Cn1c(=O)[nH]c2ccccc2c1=O)O[C@@H](Cc1c(Cl)c[n+]([O-])cc1Cl)c1ccc(OC(F)F)c(OCC2CC2)c1. The Bertz CT molecular complexity index is 1740. The molecule has 1 aliphatic rings. The molecule has 2 heterocycles. The van der Waals surface area contributed by atoms with Crippen LogP contribution >= 0.6 is 23.2 Å². The summed E-state index contributed by atoms with van der Waals surface area (Å²) in [6.07, 6.45) is 2.73. The number of halogens is 4. The number of carbonyl (C=O) groups excluding carboxylic acids is 1. The van der Waals surface area contributed by atoms with Gasteiger partial charge in [0.15, 0.2) is 23.9 Å². The lowest BCUT2D eigenvalue weighted by Gasteiger charge is -2.21. The zero-order chi connectivity index (χ0) is 30.0. The maximum absolute atomic E-state index is 13.2. The van der Waals surface area contributed by atoms with Crippen LogP contribution in [0.1, 0.15) is 30.1 Å². The zero-order valence-electron chi connectivity index (χ0n) is 21.7. The number of para-hydroxylation sites is 1. The van der Waals surface area contributed by atoms with Crippen LogP contribution in [0.2, 0.25) is 10.0 Å². The minimum Gasteiger partial charge on any atom is -0.619 e. The smallest absolute Gasteiger partial charge is 0.387 e. The number of nitrogens with zero attached hydrogens (tertiary/aromatic N) is 2. The average Bonchev–Trinajstić information content (AvgIpc) is 3.76. The van der Waals surface area contributed by atoms with Gasteiger partial charge in [0.2, 0.25) is 0 Å². The van der Waals surface area contributed by atoms with Crippen molar-refractivity contribution in [2.75, 3.05) is 6.61 Å². The van der Waals surface area contributed by atoms with E-state index in [9.17, 15) is 28.4 Å². The predicted molar refractivity (Wildman–Crippen MR) is 148 cm³/mol. The lowest BCUT2D eigenvalue weighted by atomic mass is 10.0. The van der Waals surface area contributed by atoms with E-state index in [1.807, 2.05) is 0 Å². The summed E-state index contributed by atoms with van der Waals surface area (Å²) in [7, 11) is 0. The lowest BCUT2D eigenvalue weighted by Crippen LogP contribution is -2.38. The minimum atomic E-state index is -3.10. The van der Waals surface area contributed by atoms with Gasteiger partial charge in [-0.3, -0.25) is 9.59 Å². The number of pyridine rings is 1. The number of H-pyrrole nitrogens is 1. The molecule has 220 valence electrons. The van der Waals surface area contributed by atoms with Crippen LogP contribution in [0.3, 0.4) is 0 Å². The van der Waals surface area contributed by atoms with Gasteiger partial charge in [-0.25, -0.2) is 9.36 Å². The van der Waals surface area contributed by atoms with Gasteiger partial charge in [-0.05, 0) is 48.6 Å². The van der Waals surface area contributed by atoms with E-state index in [2.05, 4.69) is 9.72 Å². The van der Waals surface area contributed by atoms with Crippen LogP contribution in [0.4, 0.5) is 8.78 Å². The molecule has 0 aliphatic heterocycles. The number of aromatic nitrogens is 3. The van der Waals surface area contributed by atoms with E-state index in [1.165, 1.54) is 24.3 Å². The summed E-state index contributed by atoms with van der Waals surface area (Å²) in [6.45, 7) is -3.56. The highest BCUT2D eigenvalue weighted by molar-refractivity contribution is 6.35. The number of benzene rings is 2. The molecule has 1 fully saturated rings. The minimum absolute atomic E-state index is 0.00518. The first kappa shape index (κ1) is 29.3. The molecule has 1 atom stereocenters. The Morgan fingerprint density at radius 2 is 1.81 bits per heavy atom. The Balaban J connectivity index is 1.49. The maximum atomic E-state index is 13.2. The van der Waals surface area contributed by atoms with Crippen molar-refractivity contribution in [3.05, 3.63) is 102 Å². The summed E-state index contributed by atoms with van der Waals surface area (Å²) in [5, 5.41) is 11.9. The second kappa shape index (κ2) is 12.4. The Kier molecular flexibility index (Phi) is 8.64. The molecule has 2 aromatic carbocycles. The van der Waals surface area contributed by atoms with E-state index in [-0.39, 0.29) is 45.5 Å². The van der Waals surface area contributed by atoms with Crippen LogP contribution in [0.5, 0.6) is 11.5 Å². The van der Waals surface area contributed by atoms with E-state index in [0.29, 0.717) is 26.3 Å². The third-order valence-electron chi connectivity index (χ3n) is 6.62. The van der Waals surface area contributed by atoms with Crippen molar-refractivity contribution in [3.63, 3.8) is 0 Å². The molecule has 1 N–H and O–H groups in total. The van der Waals surface area contributed by atoms with E-state index >= 15 is 0 Å². The fraction of sp³-hybridized carbons (Fsp3) is 0.286. The van der Waals surface area contributed by atoms with Crippen molar-refractivity contribution in [1.29, 1.82) is 0 Å². The summed E-state index contributed by atoms with van der Waals surface area (Å²) in [5.74, 6) is -0.874. The highest BCUT2D eigenvalue weighted by Gasteiger charge is 2.27. The Hall–Kier alpha value is -4.16. The Morgan fingerprint density at radius 3 is 2.50 bits per heavy atom. The number of rotatable bonds is 11. The molecule has 2 aromatic heterocycles. The van der Waals surface area contributed by atoms with Gasteiger partial charge in [-0.15, -0.1) is 0 Å². The van der Waals surface area contributed by atoms with Crippen molar-refractivity contribution in [3.8, 4) is 11.5 Å². The third kappa shape index (κ3) is 6.82. The van der Waals surface area contributed by atoms with Gasteiger partial charge in [-0.2, -0.15) is 13.5 Å². The monoisotopic (exact) mass is 621 g/mol. The van der Waals surface area contributed by atoms with E-state index in [0.717, 1.165) is 25.2 Å². The molecule has 4 aromatic rings. The summed E-state index contributed by atoms with van der Waals surface area (Å²) in [6, 6.07) is 10.4. The topological polar surface area (TPSA) is 127 Å². The molecule has 1 aliphatic carbocycles. The zero-order valence-corrected chi connectivity index (χ0v) is 23.2. The van der Waals surface area contributed by atoms with Crippen LogP contribution in [-0.4, -0.2) is 28.7 Å². The highest BCUT2D eigenvalue weighted by Crippen LogP contribution is 2.37. The second-order valence-corrected chi connectivity index (χ2v) is 10.5. The first-order chi connectivity index (χ1) is 20.1. The molecule has 0 amide bonds. The molecular formula is C28H23Cl2F2N3O7. The molecule has 14 heteroatoms. The van der Waals surface area contributed by atoms with Crippen LogP contribution in [0.25, 0.3) is 10.9 Å². The van der Waals surface area contributed by atoms with Gasteiger partial charge in [0.05, 0.1) is 17.5 Å². The van der Waals surface area contributed by atoms with E-state index < -0.39 is 36.5 Å². The van der Waals surface area contributed by atoms with Crippen LogP contribution < -0.4 is 25.5 Å². The molecule has 0 spiro atoms. The molecular weight excluding hydrogens is 599 g/mol. The van der Waals surface area contributed by atoms with Gasteiger partial charge >= 0.3 is 18.3 Å². The van der Waals surface area contributed by atoms with Crippen molar-refractivity contribution in [2.45, 2.75) is 38.5 Å². The van der Waals surface area contributed by atoms with Gasteiger partial charge in [0, 0.05) is 12.0 Å². The average molecular weight is 622 g/mol. The number of aromatic amines is 1. The van der Waals surface area contributed by atoms with Crippen LogP contribution in [-0.2, 0) is 22.5 Å². The van der Waals surface area contributed by atoms with Crippen molar-refractivity contribution in [2.24, 2.45) is 5.92 Å². The highest BCUT2D eigenvalue weighted by atomic mass is 35.5. The number of hydrogen-bond donors (Lipinski definition) is 1. The van der Waals surface area contributed by atoms with Crippen LogP contribution in [0.15, 0.2) is 64.4 Å². The Labute approximate surface area is 246 Å². The largest absolute Gasteiger partial charge is 0.619 e. The van der Waals surface area contributed by atoms with Gasteiger partial charge < -0.3 is 24.4 Å². The quantitative estimate of drug-likeness (QED) is 0.148. The number of nitrogens with one attached hydrogen (secondary N) is 1. The molecule has 5 rings (SSSR count). The number of hydrogen-bond acceptors (Lipinski definition) is 7. The van der Waals surface area contributed by atoms with Gasteiger partial charge in [0.25, 0.3) is 5.56 Å². The summed E-state index contributed by atoms with van der Waals surface area (Å²) in [5.41, 5.74) is -0.644. The molecule has 0 bridgehead atoms.